The summed E-state index contributed by atoms with van der Waals surface area (Å²) in [5.74, 6) is -0.941. The summed E-state index contributed by atoms with van der Waals surface area (Å²) in [6.45, 7) is 7.97. The van der Waals surface area contributed by atoms with Crippen LogP contribution in [0.15, 0.2) is 0 Å². The van der Waals surface area contributed by atoms with Crippen LogP contribution in [0.1, 0.15) is 33.1 Å². The number of hydrogen-bond donors (Lipinski definition) is 2. The van der Waals surface area contributed by atoms with E-state index in [-0.39, 0.29) is 24.3 Å². The standard InChI is InChI=1S/C13H24N2O4/c1-13(2,15-6-8-19-9-7-15)10-14-11(16)4-3-5-12(17)18/h3-10H2,1-2H3,(H,14,16)(H,17,18). The highest BCUT2D eigenvalue weighted by Gasteiger charge is 2.28. The number of rotatable bonds is 7. The lowest BCUT2D eigenvalue weighted by atomic mass is 10.0. The number of carboxylic acids is 1. The van der Waals surface area contributed by atoms with Crippen LogP contribution in [0.4, 0.5) is 0 Å². The van der Waals surface area contributed by atoms with Gasteiger partial charge in [-0.3, -0.25) is 14.5 Å². The van der Waals surface area contributed by atoms with E-state index in [1.165, 1.54) is 0 Å². The molecule has 1 fully saturated rings. The number of amides is 1. The zero-order valence-corrected chi connectivity index (χ0v) is 11.8. The first-order valence-electron chi connectivity index (χ1n) is 6.73. The Hall–Kier alpha value is -1.14. The van der Waals surface area contributed by atoms with Crippen LogP contribution in [0.25, 0.3) is 0 Å². The SMILES string of the molecule is CC(C)(CNC(=O)CCCC(=O)O)N1CCOCC1. The van der Waals surface area contributed by atoms with E-state index in [2.05, 4.69) is 24.1 Å². The van der Waals surface area contributed by atoms with E-state index in [9.17, 15) is 9.59 Å². The summed E-state index contributed by atoms with van der Waals surface area (Å²) in [5.41, 5.74) is -0.105. The average molecular weight is 272 g/mol. The van der Waals surface area contributed by atoms with Gasteiger partial charge < -0.3 is 15.2 Å². The first-order valence-corrected chi connectivity index (χ1v) is 6.73. The molecule has 0 unspecified atom stereocenters. The smallest absolute Gasteiger partial charge is 0.303 e. The minimum absolute atomic E-state index is 0.0419. The Labute approximate surface area is 114 Å². The van der Waals surface area contributed by atoms with Gasteiger partial charge in [-0.2, -0.15) is 0 Å². The number of aliphatic carboxylic acids is 1. The maximum absolute atomic E-state index is 11.6. The highest BCUT2D eigenvalue weighted by atomic mass is 16.5. The van der Waals surface area contributed by atoms with Crippen molar-refractivity contribution in [3.05, 3.63) is 0 Å². The lowest BCUT2D eigenvalue weighted by Crippen LogP contribution is -2.55. The van der Waals surface area contributed by atoms with Gasteiger partial charge in [0.1, 0.15) is 0 Å². The molecule has 1 heterocycles. The van der Waals surface area contributed by atoms with Gasteiger partial charge in [-0.25, -0.2) is 0 Å². The molecular weight excluding hydrogens is 248 g/mol. The molecule has 6 heteroatoms. The van der Waals surface area contributed by atoms with Gasteiger partial charge in [0.05, 0.1) is 13.2 Å². The van der Waals surface area contributed by atoms with Crippen LogP contribution in [0.3, 0.4) is 0 Å². The topological polar surface area (TPSA) is 78.9 Å². The van der Waals surface area contributed by atoms with Gasteiger partial charge in [-0.15, -0.1) is 0 Å². The highest BCUT2D eigenvalue weighted by Crippen LogP contribution is 2.15. The van der Waals surface area contributed by atoms with Gasteiger partial charge >= 0.3 is 5.97 Å². The second-order valence-electron chi connectivity index (χ2n) is 5.44. The molecule has 0 spiro atoms. The third-order valence-corrected chi connectivity index (χ3v) is 3.38. The Bertz CT molecular complexity index is 312. The molecule has 0 aromatic carbocycles. The fourth-order valence-corrected chi connectivity index (χ4v) is 2.08. The van der Waals surface area contributed by atoms with Crippen molar-refractivity contribution in [1.82, 2.24) is 10.2 Å². The van der Waals surface area contributed by atoms with Gasteiger partial charge in [0.25, 0.3) is 0 Å². The van der Waals surface area contributed by atoms with Crippen molar-refractivity contribution in [2.75, 3.05) is 32.8 Å². The largest absolute Gasteiger partial charge is 0.481 e. The predicted octanol–water partition coefficient (Wildman–Crippen LogP) is 0.468. The molecule has 0 radical (unpaired) electrons. The number of carbonyl (C=O) groups excluding carboxylic acids is 1. The first-order chi connectivity index (χ1) is 8.92. The number of ether oxygens (including phenoxy) is 1. The third kappa shape index (κ3) is 6.02. The monoisotopic (exact) mass is 272 g/mol. The van der Waals surface area contributed by atoms with Crippen molar-refractivity contribution in [3.8, 4) is 0 Å². The number of morpholine rings is 1. The molecule has 1 saturated heterocycles. The van der Waals surface area contributed by atoms with E-state index >= 15 is 0 Å². The average Bonchev–Trinajstić information content (AvgIpc) is 2.37. The van der Waals surface area contributed by atoms with Crippen molar-refractivity contribution in [3.63, 3.8) is 0 Å². The van der Waals surface area contributed by atoms with Crippen molar-refractivity contribution < 1.29 is 19.4 Å². The maximum atomic E-state index is 11.6. The van der Waals surface area contributed by atoms with E-state index in [0.29, 0.717) is 13.0 Å². The maximum Gasteiger partial charge on any atom is 0.303 e. The van der Waals surface area contributed by atoms with Gasteiger partial charge in [0, 0.05) is 38.0 Å². The summed E-state index contributed by atoms with van der Waals surface area (Å²) in [4.78, 5) is 24.3. The van der Waals surface area contributed by atoms with Crippen LogP contribution in [0, 0.1) is 0 Å². The quantitative estimate of drug-likeness (QED) is 0.704. The van der Waals surface area contributed by atoms with Crippen LogP contribution in [-0.2, 0) is 14.3 Å². The lowest BCUT2D eigenvalue weighted by molar-refractivity contribution is -0.137. The second-order valence-corrected chi connectivity index (χ2v) is 5.44. The molecule has 0 atom stereocenters. The summed E-state index contributed by atoms with van der Waals surface area (Å²) < 4.78 is 5.31. The summed E-state index contributed by atoms with van der Waals surface area (Å²) in [5, 5.41) is 11.4. The lowest BCUT2D eigenvalue weighted by Gasteiger charge is -2.40. The van der Waals surface area contributed by atoms with Crippen molar-refractivity contribution in [2.24, 2.45) is 0 Å². The first kappa shape index (κ1) is 15.9. The van der Waals surface area contributed by atoms with Gasteiger partial charge in [0.2, 0.25) is 5.91 Å². The molecule has 1 aliphatic heterocycles. The van der Waals surface area contributed by atoms with Crippen LogP contribution < -0.4 is 5.32 Å². The molecule has 110 valence electrons. The Morgan fingerprint density at radius 2 is 1.89 bits per heavy atom. The van der Waals surface area contributed by atoms with E-state index < -0.39 is 5.97 Å². The molecule has 0 bridgehead atoms. The minimum Gasteiger partial charge on any atom is -0.481 e. The number of hydrogen-bond acceptors (Lipinski definition) is 4. The Morgan fingerprint density at radius 1 is 1.26 bits per heavy atom. The molecule has 0 saturated carbocycles. The van der Waals surface area contributed by atoms with E-state index in [1.54, 1.807) is 0 Å². The fourth-order valence-electron chi connectivity index (χ4n) is 2.08. The van der Waals surface area contributed by atoms with Crippen LogP contribution in [0.2, 0.25) is 0 Å². The fraction of sp³-hybridized carbons (Fsp3) is 0.846. The Balaban J connectivity index is 2.25. The molecule has 0 aliphatic carbocycles. The van der Waals surface area contributed by atoms with Gasteiger partial charge in [0.15, 0.2) is 0 Å². The normalized spacial score (nSPS) is 17.2. The molecule has 0 aromatic heterocycles. The molecule has 2 N–H and O–H groups in total. The molecule has 19 heavy (non-hydrogen) atoms. The minimum atomic E-state index is -0.860. The Kier molecular flexibility index (Phi) is 6.24. The highest BCUT2D eigenvalue weighted by molar-refractivity contribution is 5.76. The summed E-state index contributed by atoms with van der Waals surface area (Å²) in [7, 11) is 0. The molecule has 1 rings (SSSR count). The number of carboxylic acid groups (broad SMARTS) is 1. The van der Waals surface area contributed by atoms with Gasteiger partial charge in [-0.05, 0) is 20.3 Å². The molecular formula is C13H24N2O4. The summed E-state index contributed by atoms with van der Waals surface area (Å²) >= 11 is 0. The number of nitrogens with one attached hydrogen (secondary N) is 1. The number of carbonyl (C=O) groups is 2. The predicted molar refractivity (Wildman–Crippen MR) is 71.0 cm³/mol. The number of nitrogens with zero attached hydrogens (tertiary/aromatic N) is 1. The molecule has 1 amide bonds. The van der Waals surface area contributed by atoms with Crippen LogP contribution in [0.5, 0.6) is 0 Å². The molecule has 6 nitrogen and oxygen atoms in total. The van der Waals surface area contributed by atoms with E-state index in [0.717, 1.165) is 26.3 Å². The van der Waals surface area contributed by atoms with Crippen molar-refractivity contribution in [1.29, 1.82) is 0 Å². The van der Waals surface area contributed by atoms with Gasteiger partial charge in [-0.1, -0.05) is 0 Å². The second kappa shape index (κ2) is 7.45. The zero-order valence-electron chi connectivity index (χ0n) is 11.8. The van der Waals surface area contributed by atoms with E-state index in [4.69, 9.17) is 9.84 Å². The summed E-state index contributed by atoms with van der Waals surface area (Å²) in [6.07, 6.45) is 0.699. The van der Waals surface area contributed by atoms with Crippen molar-refractivity contribution >= 4 is 11.9 Å². The van der Waals surface area contributed by atoms with Crippen molar-refractivity contribution in [2.45, 2.75) is 38.6 Å². The zero-order chi connectivity index (χ0) is 14.3. The van der Waals surface area contributed by atoms with Crippen LogP contribution in [-0.4, -0.2) is 60.3 Å². The van der Waals surface area contributed by atoms with E-state index in [1.807, 2.05) is 0 Å². The molecule has 1 aliphatic rings. The van der Waals surface area contributed by atoms with Crippen LogP contribution >= 0.6 is 0 Å². The third-order valence-electron chi connectivity index (χ3n) is 3.38. The summed E-state index contributed by atoms with van der Waals surface area (Å²) in [6, 6.07) is 0. The molecule has 0 aromatic rings. The Morgan fingerprint density at radius 3 is 2.47 bits per heavy atom.